The Hall–Kier alpha value is -1.59. The summed E-state index contributed by atoms with van der Waals surface area (Å²) in [6.45, 7) is 5.52. The molecule has 0 aromatic heterocycles. The highest BCUT2D eigenvalue weighted by Crippen LogP contribution is 2.25. The lowest BCUT2D eigenvalue weighted by atomic mass is 9.87. The smallest absolute Gasteiger partial charge is 0.335 e. The van der Waals surface area contributed by atoms with Gasteiger partial charge in [0.05, 0.1) is 22.3 Å². The SMILES string of the molecule is CC(C)(C)[C@@H](N)C(=O)Nc1cc(C(=O)O)ccc1Cl. The van der Waals surface area contributed by atoms with E-state index in [1.165, 1.54) is 18.2 Å². The standard InChI is InChI=1S/C13H17ClN2O3/c1-13(2,3)10(15)11(17)16-9-6-7(12(18)19)4-5-8(9)14/h4-6,10H,15H2,1-3H3,(H,16,17)(H,18,19)/t10-/m0/s1. The quantitative estimate of drug-likeness (QED) is 0.794. The van der Waals surface area contributed by atoms with Crippen LogP contribution in [0.3, 0.4) is 0 Å². The third kappa shape index (κ3) is 3.94. The van der Waals surface area contributed by atoms with E-state index in [2.05, 4.69) is 5.32 Å². The van der Waals surface area contributed by atoms with E-state index < -0.39 is 23.3 Å². The number of carbonyl (C=O) groups is 2. The van der Waals surface area contributed by atoms with E-state index in [1.807, 2.05) is 20.8 Å². The monoisotopic (exact) mass is 284 g/mol. The van der Waals surface area contributed by atoms with Crippen molar-refractivity contribution in [2.75, 3.05) is 5.32 Å². The van der Waals surface area contributed by atoms with Crippen LogP contribution in [0.4, 0.5) is 5.69 Å². The van der Waals surface area contributed by atoms with Crippen LogP contribution < -0.4 is 11.1 Å². The molecule has 1 aromatic rings. The van der Waals surface area contributed by atoms with E-state index in [9.17, 15) is 9.59 Å². The van der Waals surface area contributed by atoms with Crippen molar-refractivity contribution in [3.8, 4) is 0 Å². The zero-order valence-electron chi connectivity index (χ0n) is 11.0. The molecule has 0 radical (unpaired) electrons. The van der Waals surface area contributed by atoms with Crippen LogP contribution in [-0.2, 0) is 4.79 Å². The molecule has 0 saturated carbocycles. The van der Waals surface area contributed by atoms with Gasteiger partial charge in [-0.3, -0.25) is 4.79 Å². The molecule has 0 heterocycles. The summed E-state index contributed by atoms with van der Waals surface area (Å²) in [5.41, 5.74) is 5.70. The van der Waals surface area contributed by atoms with E-state index in [-0.39, 0.29) is 16.3 Å². The molecule has 5 nitrogen and oxygen atoms in total. The fourth-order valence-corrected chi connectivity index (χ4v) is 1.52. The van der Waals surface area contributed by atoms with Crippen LogP contribution in [0.15, 0.2) is 18.2 Å². The summed E-state index contributed by atoms with van der Waals surface area (Å²) in [4.78, 5) is 22.8. The molecule has 1 atom stereocenters. The molecule has 0 aliphatic carbocycles. The molecule has 1 rings (SSSR count). The summed E-state index contributed by atoms with van der Waals surface area (Å²) in [5.74, 6) is -1.50. The van der Waals surface area contributed by atoms with Crippen LogP contribution >= 0.6 is 11.6 Å². The average Bonchev–Trinajstić information content (AvgIpc) is 2.29. The van der Waals surface area contributed by atoms with Crippen molar-refractivity contribution in [3.05, 3.63) is 28.8 Å². The predicted octanol–water partition coefficient (Wildman–Crippen LogP) is 2.35. The van der Waals surface area contributed by atoms with Crippen molar-refractivity contribution in [3.63, 3.8) is 0 Å². The Bertz CT molecular complexity index is 509. The Balaban J connectivity index is 2.96. The summed E-state index contributed by atoms with van der Waals surface area (Å²) in [7, 11) is 0. The van der Waals surface area contributed by atoms with Crippen LogP contribution in [-0.4, -0.2) is 23.0 Å². The van der Waals surface area contributed by atoms with E-state index in [1.54, 1.807) is 0 Å². The molecule has 0 unspecified atom stereocenters. The molecule has 0 saturated heterocycles. The molecular formula is C13H17ClN2O3. The first-order chi connectivity index (χ1) is 8.62. The van der Waals surface area contributed by atoms with Crippen molar-refractivity contribution in [2.24, 2.45) is 11.1 Å². The number of carboxylic acid groups (broad SMARTS) is 1. The number of amides is 1. The molecular weight excluding hydrogens is 268 g/mol. The lowest BCUT2D eigenvalue weighted by Crippen LogP contribution is -2.45. The van der Waals surface area contributed by atoms with Gasteiger partial charge >= 0.3 is 5.97 Å². The van der Waals surface area contributed by atoms with Gasteiger partial charge in [-0.15, -0.1) is 0 Å². The molecule has 0 aliphatic heterocycles. The number of halogens is 1. The number of benzene rings is 1. The summed E-state index contributed by atoms with van der Waals surface area (Å²) in [6, 6.07) is 3.36. The van der Waals surface area contributed by atoms with Crippen molar-refractivity contribution in [2.45, 2.75) is 26.8 Å². The van der Waals surface area contributed by atoms with Crippen molar-refractivity contribution < 1.29 is 14.7 Å². The molecule has 0 fully saturated rings. The number of nitrogens with two attached hydrogens (primary N) is 1. The Morgan fingerprint density at radius 2 is 1.95 bits per heavy atom. The van der Waals surface area contributed by atoms with E-state index in [4.69, 9.17) is 22.4 Å². The Labute approximate surface area is 116 Å². The molecule has 4 N–H and O–H groups in total. The fraction of sp³-hybridized carbons (Fsp3) is 0.385. The zero-order valence-corrected chi connectivity index (χ0v) is 11.8. The second-order valence-electron chi connectivity index (χ2n) is 5.33. The predicted molar refractivity (Wildman–Crippen MR) is 74.5 cm³/mol. The van der Waals surface area contributed by atoms with Gasteiger partial charge in [0.1, 0.15) is 0 Å². The van der Waals surface area contributed by atoms with Crippen LogP contribution in [0.1, 0.15) is 31.1 Å². The normalized spacial score (nSPS) is 12.9. The summed E-state index contributed by atoms with van der Waals surface area (Å²) >= 11 is 5.92. The number of aromatic carboxylic acids is 1. The maximum Gasteiger partial charge on any atom is 0.335 e. The van der Waals surface area contributed by atoms with Gasteiger partial charge < -0.3 is 16.2 Å². The van der Waals surface area contributed by atoms with Crippen LogP contribution in [0.5, 0.6) is 0 Å². The van der Waals surface area contributed by atoms with Gasteiger partial charge in [-0.05, 0) is 23.6 Å². The topological polar surface area (TPSA) is 92.4 Å². The van der Waals surface area contributed by atoms with E-state index in [0.717, 1.165) is 0 Å². The molecule has 0 spiro atoms. The number of hydrogen-bond acceptors (Lipinski definition) is 3. The van der Waals surface area contributed by atoms with Crippen molar-refractivity contribution >= 4 is 29.2 Å². The highest BCUT2D eigenvalue weighted by atomic mass is 35.5. The third-order valence-electron chi connectivity index (χ3n) is 2.69. The molecule has 104 valence electrons. The van der Waals surface area contributed by atoms with Crippen LogP contribution in [0.25, 0.3) is 0 Å². The fourth-order valence-electron chi connectivity index (χ4n) is 1.36. The lowest BCUT2D eigenvalue weighted by molar-refractivity contribution is -0.119. The molecule has 19 heavy (non-hydrogen) atoms. The summed E-state index contributed by atoms with van der Waals surface area (Å²) in [6.07, 6.45) is 0. The van der Waals surface area contributed by atoms with Gasteiger partial charge in [0.15, 0.2) is 0 Å². The van der Waals surface area contributed by atoms with Crippen molar-refractivity contribution in [1.82, 2.24) is 0 Å². The lowest BCUT2D eigenvalue weighted by Gasteiger charge is -2.26. The maximum atomic E-state index is 12.0. The van der Waals surface area contributed by atoms with E-state index >= 15 is 0 Å². The first-order valence-electron chi connectivity index (χ1n) is 5.72. The summed E-state index contributed by atoms with van der Waals surface area (Å²) in [5, 5.41) is 11.7. The number of nitrogens with one attached hydrogen (secondary N) is 1. The minimum absolute atomic E-state index is 0.0454. The molecule has 0 bridgehead atoms. The molecule has 0 aliphatic rings. The van der Waals surface area contributed by atoms with Crippen LogP contribution in [0.2, 0.25) is 5.02 Å². The Morgan fingerprint density at radius 3 is 2.42 bits per heavy atom. The number of carboxylic acids is 1. The average molecular weight is 285 g/mol. The molecule has 1 amide bonds. The Morgan fingerprint density at radius 1 is 1.37 bits per heavy atom. The highest BCUT2D eigenvalue weighted by molar-refractivity contribution is 6.33. The van der Waals surface area contributed by atoms with E-state index in [0.29, 0.717) is 0 Å². The number of carbonyl (C=O) groups excluding carboxylic acids is 1. The second kappa shape index (κ2) is 5.59. The van der Waals surface area contributed by atoms with Gasteiger partial charge in [-0.1, -0.05) is 32.4 Å². The maximum absolute atomic E-state index is 12.0. The third-order valence-corrected chi connectivity index (χ3v) is 3.02. The summed E-state index contributed by atoms with van der Waals surface area (Å²) < 4.78 is 0. The number of hydrogen-bond donors (Lipinski definition) is 3. The minimum Gasteiger partial charge on any atom is -0.478 e. The zero-order chi connectivity index (χ0) is 14.8. The van der Waals surface area contributed by atoms with Gasteiger partial charge in [0.25, 0.3) is 0 Å². The van der Waals surface area contributed by atoms with Gasteiger partial charge in [-0.2, -0.15) is 0 Å². The second-order valence-corrected chi connectivity index (χ2v) is 5.74. The minimum atomic E-state index is -1.09. The Kier molecular flexibility index (Phi) is 4.55. The van der Waals surface area contributed by atoms with Gasteiger partial charge in [0, 0.05) is 0 Å². The molecule has 1 aromatic carbocycles. The van der Waals surface area contributed by atoms with Gasteiger partial charge in [0.2, 0.25) is 5.91 Å². The largest absolute Gasteiger partial charge is 0.478 e. The number of anilines is 1. The first kappa shape index (κ1) is 15.5. The van der Waals surface area contributed by atoms with Crippen LogP contribution in [0, 0.1) is 5.41 Å². The first-order valence-corrected chi connectivity index (χ1v) is 6.10. The van der Waals surface area contributed by atoms with Gasteiger partial charge in [-0.25, -0.2) is 4.79 Å². The van der Waals surface area contributed by atoms with Crippen molar-refractivity contribution in [1.29, 1.82) is 0 Å². The molecule has 6 heteroatoms. The number of rotatable bonds is 3. The highest BCUT2D eigenvalue weighted by Gasteiger charge is 2.27.